The Kier molecular flexibility index (Phi) is 5.72. The molecule has 39 heavy (non-hydrogen) atoms. The molecule has 4 heterocycles. The monoisotopic (exact) mass is 518 g/mol. The minimum absolute atomic E-state index is 0.0988. The summed E-state index contributed by atoms with van der Waals surface area (Å²) in [5.74, 6) is 0.480. The summed E-state index contributed by atoms with van der Waals surface area (Å²) >= 11 is 0. The number of nitrogens with two attached hydrogens (primary N) is 1. The van der Waals surface area contributed by atoms with Gasteiger partial charge < -0.3 is 20.9 Å². The maximum atomic E-state index is 13.5. The van der Waals surface area contributed by atoms with Crippen molar-refractivity contribution in [3.63, 3.8) is 0 Å². The number of carbonyl (C=O) groups excluding carboxylic acids is 2. The van der Waals surface area contributed by atoms with E-state index in [4.69, 9.17) is 10.7 Å². The van der Waals surface area contributed by atoms with Gasteiger partial charge in [-0.1, -0.05) is 24.3 Å². The maximum Gasteiger partial charge on any atom is 0.259 e. The van der Waals surface area contributed by atoms with Crippen molar-refractivity contribution in [2.24, 2.45) is 12.8 Å². The molecule has 0 spiro atoms. The van der Waals surface area contributed by atoms with Crippen molar-refractivity contribution in [3.05, 3.63) is 88.9 Å². The van der Waals surface area contributed by atoms with Crippen LogP contribution in [-0.2, 0) is 18.4 Å². The van der Waals surface area contributed by atoms with E-state index in [1.165, 1.54) is 6.08 Å². The molecule has 6 rings (SSSR count). The van der Waals surface area contributed by atoms with E-state index < -0.39 is 5.91 Å². The van der Waals surface area contributed by atoms with Crippen molar-refractivity contribution in [2.45, 2.75) is 20.4 Å². The van der Waals surface area contributed by atoms with Crippen molar-refractivity contribution < 1.29 is 9.59 Å². The largest absolute Gasteiger partial charge is 0.366 e. The van der Waals surface area contributed by atoms with Crippen molar-refractivity contribution in [3.8, 4) is 11.3 Å². The molecule has 194 valence electrons. The highest BCUT2D eigenvalue weighted by Gasteiger charge is 2.31. The number of aryl methyl sites for hydroxylation is 3. The number of para-hydroxylation sites is 1. The van der Waals surface area contributed by atoms with Gasteiger partial charge in [0.25, 0.3) is 5.91 Å². The van der Waals surface area contributed by atoms with Crippen LogP contribution in [0.15, 0.2) is 60.9 Å². The molecule has 0 unspecified atom stereocenters. The van der Waals surface area contributed by atoms with E-state index in [1.807, 2.05) is 63.5 Å². The molecule has 2 aromatic carbocycles. The van der Waals surface area contributed by atoms with Gasteiger partial charge in [-0.2, -0.15) is 5.10 Å². The Morgan fingerprint density at radius 2 is 1.97 bits per heavy atom. The van der Waals surface area contributed by atoms with E-state index in [2.05, 4.69) is 20.4 Å². The minimum atomic E-state index is -0.536. The van der Waals surface area contributed by atoms with Gasteiger partial charge in [0, 0.05) is 53.8 Å². The SMILES string of the molecule is Cc1cnc(Nc2cc(C)n(C)n2)nc1-c1c[nH]c2c(N3Cc4c(/C=C/C(N)=O)cccc4C3=O)cccc12. The summed E-state index contributed by atoms with van der Waals surface area (Å²) in [4.78, 5) is 39.1. The fraction of sp³-hybridized carbons (Fsp3) is 0.138. The molecule has 0 bridgehead atoms. The molecule has 10 nitrogen and oxygen atoms in total. The number of amides is 2. The summed E-state index contributed by atoms with van der Waals surface area (Å²) in [6.45, 7) is 4.32. The predicted molar refractivity (Wildman–Crippen MR) is 150 cm³/mol. The molecule has 2 amide bonds. The van der Waals surface area contributed by atoms with Gasteiger partial charge in [-0.3, -0.25) is 14.3 Å². The zero-order valence-electron chi connectivity index (χ0n) is 21.7. The van der Waals surface area contributed by atoms with Crippen molar-refractivity contribution >= 4 is 46.2 Å². The molecular weight excluding hydrogens is 492 g/mol. The number of hydrogen-bond acceptors (Lipinski definition) is 6. The van der Waals surface area contributed by atoms with Crippen LogP contribution in [0.25, 0.3) is 28.2 Å². The average molecular weight is 519 g/mol. The number of fused-ring (bicyclic) bond motifs is 2. The molecule has 0 saturated heterocycles. The number of anilines is 3. The van der Waals surface area contributed by atoms with Crippen LogP contribution in [0.4, 0.5) is 17.5 Å². The molecule has 0 atom stereocenters. The molecular formula is C29H26N8O2. The number of aromatic nitrogens is 5. The average Bonchev–Trinajstić information content (AvgIpc) is 3.59. The normalized spacial score (nSPS) is 13.0. The molecule has 0 fully saturated rings. The van der Waals surface area contributed by atoms with Crippen LogP contribution in [0.5, 0.6) is 0 Å². The number of benzene rings is 2. The fourth-order valence-corrected chi connectivity index (χ4v) is 4.95. The Balaban J connectivity index is 1.37. The number of nitrogens with zero attached hydrogens (tertiary/aromatic N) is 5. The summed E-state index contributed by atoms with van der Waals surface area (Å²) < 4.78 is 1.79. The van der Waals surface area contributed by atoms with Crippen molar-refractivity contribution in [1.82, 2.24) is 24.7 Å². The quantitative estimate of drug-likeness (QED) is 0.286. The summed E-state index contributed by atoms with van der Waals surface area (Å²) in [6, 6.07) is 13.3. The highest BCUT2D eigenvalue weighted by atomic mass is 16.2. The van der Waals surface area contributed by atoms with Gasteiger partial charge in [0.15, 0.2) is 5.82 Å². The predicted octanol–water partition coefficient (Wildman–Crippen LogP) is 4.38. The Bertz CT molecular complexity index is 1790. The first-order valence-electron chi connectivity index (χ1n) is 12.4. The first-order valence-corrected chi connectivity index (χ1v) is 12.4. The van der Waals surface area contributed by atoms with Crippen molar-refractivity contribution in [1.29, 1.82) is 0 Å². The summed E-state index contributed by atoms with van der Waals surface area (Å²) in [5, 5.41) is 8.55. The number of rotatable bonds is 6. The topological polar surface area (TPSA) is 135 Å². The van der Waals surface area contributed by atoms with Crippen LogP contribution in [0.3, 0.4) is 0 Å². The summed E-state index contributed by atoms with van der Waals surface area (Å²) in [7, 11) is 1.88. The van der Waals surface area contributed by atoms with Gasteiger partial charge >= 0.3 is 0 Å². The number of primary amides is 1. The molecule has 3 aromatic heterocycles. The third-order valence-corrected chi connectivity index (χ3v) is 7.00. The third-order valence-electron chi connectivity index (χ3n) is 7.00. The first kappa shape index (κ1) is 24.1. The number of hydrogen-bond donors (Lipinski definition) is 3. The van der Waals surface area contributed by atoms with E-state index >= 15 is 0 Å². The molecule has 1 aliphatic heterocycles. The summed E-state index contributed by atoms with van der Waals surface area (Å²) in [5.41, 5.74) is 12.7. The van der Waals surface area contributed by atoms with Gasteiger partial charge in [-0.25, -0.2) is 9.97 Å². The fourth-order valence-electron chi connectivity index (χ4n) is 4.95. The van der Waals surface area contributed by atoms with Gasteiger partial charge in [-0.05, 0) is 48.7 Å². The molecule has 4 N–H and O–H groups in total. The molecule has 1 aliphatic rings. The Hall–Kier alpha value is -5.25. The lowest BCUT2D eigenvalue weighted by atomic mass is 10.0. The molecule has 0 radical (unpaired) electrons. The van der Waals surface area contributed by atoms with Gasteiger partial charge in [0.05, 0.1) is 23.4 Å². The number of H-pyrrole nitrogens is 1. The van der Waals surface area contributed by atoms with Crippen LogP contribution in [-0.4, -0.2) is 36.5 Å². The second-order valence-corrected chi connectivity index (χ2v) is 9.55. The van der Waals surface area contributed by atoms with Crippen LogP contribution in [0.2, 0.25) is 0 Å². The molecule has 0 aliphatic carbocycles. The van der Waals surface area contributed by atoms with Gasteiger partial charge in [0.2, 0.25) is 11.9 Å². The standard InChI is InChI=1S/C29H26N8O2/c1-16-13-32-29(33-25-12-17(2)36(3)35-25)34-26(16)21-14-31-27-19(21)7-5-9-23(27)37-15-22-18(10-11-24(30)38)6-4-8-20(22)28(37)39/h4-14,31H,15H2,1-3H3,(H2,30,38)(H,32,33,34,35)/b11-10+. The second kappa shape index (κ2) is 9.25. The molecule has 10 heteroatoms. The Morgan fingerprint density at radius 3 is 2.74 bits per heavy atom. The second-order valence-electron chi connectivity index (χ2n) is 9.55. The Labute approximate surface area is 224 Å². The zero-order chi connectivity index (χ0) is 27.3. The lowest BCUT2D eigenvalue weighted by molar-refractivity contribution is -0.113. The Morgan fingerprint density at radius 1 is 1.15 bits per heavy atom. The van der Waals surface area contributed by atoms with Crippen LogP contribution < -0.4 is 16.0 Å². The highest BCUT2D eigenvalue weighted by Crippen LogP contribution is 2.38. The lowest BCUT2D eigenvalue weighted by Gasteiger charge is -2.17. The van der Waals surface area contributed by atoms with E-state index in [1.54, 1.807) is 27.9 Å². The highest BCUT2D eigenvalue weighted by molar-refractivity contribution is 6.15. The smallest absolute Gasteiger partial charge is 0.259 e. The van der Waals surface area contributed by atoms with E-state index in [0.29, 0.717) is 23.9 Å². The number of carbonyl (C=O) groups is 2. The van der Waals surface area contributed by atoms with Crippen LogP contribution in [0.1, 0.15) is 32.7 Å². The lowest BCUT2D eigenvalue weighted by Crippen LogP contribution is -2.23. The number of nitrogens with one attached hydrogen (secondary N) is 2. The molecule has 5 aromatic rings. The number of aromatic amines is 1. The first-order chi connectivity index (χ1) is 18.8. The molecule has 0 saturated carbocycles. The van der Waals surface area contributed by atoms with Crippen LogP contribution >= 0.6 is 0 Å². The van der Waals surface area contributed by atoms with E-state index in [0.717, 1.165) is 50.2 Å². The van der Waals surface area contributed by atoms with E-state index in [9.17, 15) is 9.59 Å². The van der Waals surface area contributed by atoms with Crippen molar-refractivity contribution in [2.75, 3.05) is 10.2 Å². The van der Waals surface area contributed by atoms with E-state index in [-0.39, 0.29) is 5.91 Å². The van der Waals surface area contributed by atoms with Gasteiger partial charge in [-0.15, -0.1) is 0 Å². The minimum Gasteiger partial charge on any atom is -0.366 e. The summed E-state index contributed by atoms with van der Waals surface area (Å²) in [6.07, 6.45) is 6.65. The third kappa shape index (κ3) is 4.21. The van der Waals surface area contributed by atoms with Crippen LogP contribution in [0, 0.1) is 13.8 Å². The van der Waals surface area contributed by atoms with Gasteiger partial charge in [0.1, 0.15) is 0 Å². The maximum absolute atomic E-state index is 13.5. The zero-order valence-corrected chi connectivity index (χ0v) is 21.7.